The van der Waals surface area contributed by atoms with Crippen molar-refractivity contribution < 1.29 is 14.6 Å². The van der Waals surface area contributed by atoms with E-state index in [1.54, 1.807) is 30.5 Å². The van der Waals surface area contributed by atoms with Crippen molar-refractivity contribution in [1.82, 2.24) is 0 Å². The number of nitro groups is 1. The molecule has 0 radical (unpaired) electrons. The minimum atomic E-state index is -0.322. The Morgan fingerprint density at radius 3 is 2.53 bits per heavy atom. The summed E-state index contributed by atoms with van der Waals surface area (Å²) in [6.45, 7) is 2.88. The number of hydrogen-bond donors (Lipinski definition) is 1. The molecule has 5 heteroatoms. The standard InChI is InChI=1S/C12H14N2O3/c15-14(16)12(11-4-2-1-3-5-11)10-13-6-8-17-9-7-13/h1-5,10H,6-9H2/p+1. The van der Waals surface area contributed by atoms with Gasteiger partial charge >= 0.3 is 5.70 Å². The molecule has 2 rings (SSSR count). The van der Waals surface area contributed by atoms with Crippen molar-refractivity contribution in [3.63, 3.8) is 0 Å². The summed E-state index contributed by atoms with van der Waals surface area (Å²) in [6.07, 6.45) is 1.69. The zero-order valence-corrected chi connectivity index (χ0v) is 9.46. The lowest BCUT2D eigenvalue weighted by Gasteiger charge is -2.19. The monoisotopic (exact) mass is 235 g/mol. The molecule has 1 aliphatic heterocycles. The van der Waals surface area contributed by atoms with Gasteiger partial charge in [-0.15, -0.1) is 0 Å². The van der Waals surface area contributed by atoms with Gasteiger partial charge in [-0.05, 0) is 12.1 Å². The SMILES string of the molecule is O=[N+]([O-])C(=C[NH+]1CCOCC1)c1ccccc1. The molecule has 1 aromatic rings. The zero-order chi connectivity index (χ0) is 12.1. The van der Waals surface area contributed by atoms with Crippen LogP contribution in [0.4, 0.5) is 0 Å². The number of rotatable bonds is 3. The molecule has 0 aliphatic carbocycles. The predicted molar refractivity (Wildman–Crippen MR) is 62.9 cm³/mol. The van der Waals surface area contributed by atoms with Gasteiger partial charge in [0, 0.05) is 0 Å². The lowest BCUT2D eigenvalue weighted by Crippen LogP contribution is -3.09. The number of ether oxygens (including phenoxy) is 1. The summed E-state index contributed by atoms with van der Waals surface area (Å²) in [5.74, 6) is 0. The molecule has 0 saturated carbocycles. The van der Waals surface area contributed by atoms with Crippen LogP contribution in [0.2, 0.25) is 0 Å². The molecular weight excluding hydrogens is 220 g/mol. The van der Waals surface area contributed by atoms with Gasteiger partial charge in [0.05, 0.1) is 23.7 Å². The van der Waals surface area contributed by atoms with Crippen LogP contribution < -0.4 is 4.90 Å². The Labute approximate surface area is 99.5 Å². The molecule has 1 aliphatic rings. The van der Waals surface area contributed by atoms with Crippen molar-refractivity contribution in [3.05, 3.63) is 52.2 Å². The summed E-state index contributed by atoms with van der Waals surface area (Å²) in [7, 11) is 0. The van der Waals surface area contributed by atoms with E-state index in [0.29, 0.717) is 18.8 Å². The van der Waals surface area contributed by atoms with Gasteiger partial charge in [0.25, 0.3) is 0 Å². The van der Waals surface area contributed by atoms with Crippen LogP contribution in [0.5, 0.6) is 0 Å². The zero-order valence-electron chi connectivity index (χ0n) is 9.46. The summed E-state index contributed by atoms with van der Waals surface area (Å²) in [6, 6.07) is 8.98. The molecule has 1 heterocycles. The molecule has 0 amide bonds. The van der Waals surface area contributed by atoms with Gasteiger partial charge < -0.3 is 4.74 Å². The first-order valence-electron chi connectivity index (χ1n) is 5.61. The summed E-state index contributed by atoms with van der Waals surface area (Å²) in [5.41, 5.74) is 0.819. The second-order valence-electron chi connectivity index (χ2n) is 3.92. The Bertz CT molecular complexity index is 411. The first-order chi connectivity index (χ1) is 8.27. The van der Waals surface area contributed by atoms with Crippen LogP contribution in [0.3, 0.4) is 0 Å². The average molecular weight is 235 g/mol. The van der Waals surface area contributed by atoms with Gasteiger partial charge in [0.15, 0.2) is 6.20 Å². The normalized spacial score (nSPS) is 18.0. The quantitative estimate of drug-likeness (QED) is 0.600. The van der Waals surface area contributed by atoms with Crippen LogP contribution >= 0.6 is 0 Å². The number of quaternary nitrogens is 1. The van der Waals surface area contributed by atoms with Crippen molar-refractivity contribution in [1.29, 1.82) is 0 Å². The third-order valence-corrected chi connectivity index (χ3v) is 2.74. The first-order valence-corrected chi connectivity index (χ1v) is 5.61. The lowest BCUT2D eigenvalue weighted by atomic mass is 10.2. The molecule has 0 unspecified atom stereocenters. The molecule has 17 heavy (non-hydrogen) atoms. The maximum Gasteiger partial charge on any atom is 0.328 e. The van der Waals surface area contributed by atoms with Gasteiger partial charge in [-0.2, -0.15) is 0 Å². The molecule has 1 aromatic carbocycles. The maximum atomic E-state index is 11.1. The van der Waals surface area contributed by atoms with Crippen LogP contribution in [-0.4, -0.2) is 31.2 Å². The fraction of sp³-hybridized carbons (Fsp3) is 0.333. The Kier molecular flexibility index (Phi) is 3.85. The number of hydrogen-bond acceptors (Lipinski definition) is 3. The largest absolute Gasteiger partial charge is 0.370 e. The second kappa shape index (κ2) is 5.56. The summed E-state index contributed by atoms with van der Waals surface area (Å²) >= 11 is 0. The van der Waals surface area contributed by atoms with Crippen molar-refractivity contribution in [3.8, 4) is 0 Å². The van der Waals surface area contributed by atoms with E-state index < -0.39 is 0 Å². The van der Waals surface area contributed by atoms with E-state index >= 15 is 0 Å². The van der Waals surface area contributed by atoms with Gasteiger partial charge in [0.1, 0.15) is 13.1 Å². The van der Waals surface area contributed by atoms with Gasteiger partial charge in [-0.25, -0.2) is 0 Å². The summed E-state index contributed by atoms with van der Waals surface area (Å²) in [5, 5.41) is 11.1. The molecule has 0 bridgehead atoms. The van der Waals surface area contributed by atoms with Gasteiger partial charge in [-0.3, -0.25) is 15.0 Å². The molecule has 0 aromatic heterocycles. The Hall–Kier alpha value is -1.72. The molecule has 1 saturated heterocycles. The molecule has 0 spiro atoms. The molecule has 1 N–H and O–H groups in total. The number of morpholine rings is 1. The predicted octanol–water partition coefficient (Wildman–Crippen LogP) is 0.177. The summed E-state index contributed by atoms with van der Waals surface area (Å²) in [4.78, 5) is 11.8. The van der Waals surface area contributed by atoms with Gasteiger partial charge in [-0.1, -0.05) is 18.2 Å². The second-order valence-corrected chi connectivity index (χ2v) is 3.92. The number of nitrogens with zero attached hydrogens (tertiary/aromatic N) is 1. The van der Waals surface area contributed by atoms with Crippen LogP contribution in [-0.2, 0) is 4.74 Å². The van der Waals surface area contributed by atoms with E-state index in [-0.39, 0.29) is 10.6 Å². The first kappa shape index (κ1) is 11.8. The van der Waals surface area contributed by atoms with E-state index in [4.69, 9.17) is 4.74 Å². The highest BCUT2D eigenvalue weighted by molar-refractivity contribution is 5.56. The topological polar surface area (TPSA) is 56.8 Å². The average Bonchev–Trinajstić information content (AvgIpc) is 2.38. The van der Waals surface area contributed by atoms with Crippen LogP contribution in [0.25, 0.3) is 5.70 Å². The third kappa shape index (κ3) is 3.12. The highest BCUT2D eigenvalue weighted by Crippen LogP contribution is 2.12. The molecule has 0 atom stereocenters. The Morgan fingerprint density at radius 2 is 1.94 bits per heavy atom. The molecule has 5 nitrogen and oxygen atoms in total. The van der Waals surface area contributed by atoms with Crippen LogP contribution in [0.1, 0.15) is 5.56 Å². The fourth-order valence-corrected chi connectivity index (χ4v) is 1.82. The fourth-order valence-electron chi connectivity index (χ4n) is 1.82. The Balaban J connectivity index is 2.22. The minimum Gasteiger partial charge on any atom is -0.370 e. The smallest absolute Gasteiger partial charge is 0.328 e. The van der Waals surface area contributed by atoms with E-state index in [9.17, 15) is 10.1 Å². The third-order valence-electron chi connectivity index (χ3n) is 2.74. The van der Waals surface area contributed by atoms with Crippen LogP contribution in [0.15, 0.2) is 36.5 Å². The van der Waals surface area contributed by atoms with E-state index in [1.807, 2.05) is 6.07 Å². The van der Waals surface area contributed by atoms with Crippen molar-refractivity contribution in [2.75, 3.05) is 26.3 Å². The van der Waals surface area contributed by atoms with Crippen LogP contribution in [0, 0.1) is 10.1 Å². The minimum absolute atomic E-state index is 0.169. The summed E-state index contributed by atoms with van der Waals surface area (Å²) < 4.78 is 5.23. The van der Waals surface area contributed by atoms with Crippen molar-refractivity contribution in [2.45, 2.75) is 0 Å². The number of benzene rings is 1. The lowest BCUT2D eigenvalue weighted by molar-refractivity contribution is -0.856. The van der Waals surface area contributed by atoms with E-state index in [1.165, 1.54) is 0 Å². The van der Waals surface area contributed by atoms with Gasteiger partial charge in [0.2, 0.25) is 0 Å². The molecule has 1 fully saturated rings. The highest BCUT2D eigenvalue weighted by Gasteiger charge is 2.20. The van der Waals surface area contributed by atoms with Crippen molar-refractivity contribution >= 4 is 5.70 Å². The maximum absolute atomic E-state index is 11.1. The highest BCUT2D eigenvalue weighted by atomic mass is 16.6. The Morgan fingerprint density at radius 1 is 1.29 bits per heavy atom. The number of nitrogens with one attached hydrogen (secondary N) is 1. The van der Waals surface area contributed by atoms with E-state index in [0.717, 1.165) is 18.0 Å². The van der Waals surface area contributed by atoms with E-state index in [2.05, 4.69) is 0 Å². The van der Waals surface area contributed by atoms with Crippen molar-refractivity contribution in [2.24, 2.45) is 0 Å². The molecule has 90 valence electrons. The molecular formula is C12H15N2O3+.